The first-order chi connectivity index (χ1) is 14.9. The lowest BCUT2D eigenvalue weighted by Crippen LogP contribution is -2.10. The number of aromatic nitrogens is 4. The van der Waals surface area contributed by atoms with Gasteiger partial charge >= 0.3 is 0 Å². The fraction of sp³-hybridized carbons (Fsp3) is 0.227. The zero-order valence-electron chi connectivity index (χ0n) is 17.2. The summed E-state index contributed by atoms with van der Waals surface area (Å²) in [6, 6.07) is 12.3. The van der Waals surface area contributed by atoms with Crippen molar-refractivity contribution in [2.75, 3.05) is 0 Å². The van der Waals surface area contributed by atoms with E-state index in [2.05, 4.69) is 34.6 Å². The van der Waals surface area contributed by atoms with Gasteiger partial charge in [0.2, 0.25) is 0 Å². The molecule has 0 aliphatic heterocycles. The Kier molecular flexibility index (Phi) is 6.60. The van der Waals surface area contributed by atoms with Crippen molar-refractivity contribution in [3.8, 4) is 16.3 Å². The van der Waals surface area contributed by atoms with Crippen LogP contribution >= 0.6 is 34.7 Å². The molecule has 31 heavy (non-hydrogen) atoms. The van der Waals surface area contributed by atoms with E-state index in [1.54, 1.807) is 23.1 Å². The molecule has 5 nitrogen and oxygen atoms in total. The Morgan fingerprint density at radius 2 is 2.03 bits per heavy atom. The topological polar surface area (TPSA) is 52.8 Å². The largest absolute Gasteiger partial charge is 0.481 e. The Labute approximate surface area is 193 Å². The van der Waals surface area contributed by atoms with Crippen LogP contribution in [0.15, 0.2) is 53.0 Å². The first kappa shape index (κ1) is 21.8. The van der Waals surface area contributed by atoms with Crippen molar-refractivity contribution in [1.82, 2.24) is 19.7 Å². The number of rotatable bonds is 7. The highest BCUT2D eigenvalue weighted by Gasteiger charge is 2.19. The van der Waals surface area contributed by atoms with Gasteiger partial charge in [0, 0.05) is 23.7 Å². The maximum atomic E-state index is 13.2. The Morgan fingerprint density at radius 1 is 1.23 bits per heavy atom. The van der Waals surface area contributed by atoms with E-state index in [-0.39, 0.29) is 5.02 Å². The summed E-state index contributed by atoms with van der Waals surface area (Å²) in [5.41, 5.74) is 3.37. The highest BCUT2D eigenvalue weighted by molar-refractivity contribution is 7.98. The van der Waals surface area contributed by atoms with Gasteiger partial charge in [0.25, 0.3) is 0 Å². The zero-order chi connectivity index (χ0) is 22.0. The molecule has 4 aromatic rings. The van der Waals surface area contributed by atoms with Gasteiger partial charge in [-0.15, -0.1) is 21.5 Å². The maximum absolute atomic E-state index is 13.2. The molecule has 2 aromatic heterocycles. The second-order valence-electron chi connectivity index (χ2n) is 6.98. The lowest BCUT2D eigenvalue weighted by molar-refractivity contribution is 0.211. The van der Waals surface area contributed by atoms with Crippen LogP contribution in [0.2, 0.25) is 5.02 Å². The summed E-state index contributed by atoms with van der Waals surface area (Å²) in [7, 11) is 1.89. The van der Waals surface area contributed by atoms with Gasteiger partial charge in [-0.05, 0) is 37.6 Å². The SMILES string of the molecule is Cc1ccccc1-c1nc(CSc2nnc(C(C)Oc3ccc(F)cc3Cl)n2C)cs1. The van der Waals surface area contributed by atoms with Crippen molar-refractivity contribution in [1.29, 1.82) is 0 Å². The van der Waals surface area contributed by atoms with Gasteiger partial charge in [-0.3, -0.25) is 0 Å². The number of ether oxygens (including phenoxy) is 1. The molecule has 1 atom stereocenters. The molecular weight excluding hydrogens is 455 g/mol. The molecule has 2 heterocycles. The molecule has 0 saturated heterocycles. The molecule has 0 fully saturated rings. The van der Waals surface area contributed by atoms with E-state index >= 15 is 0 Å². The summed E-state index contributed by atoms with van der Waals surface area (Å²) in [4.78, 5) is 4.77. The van der Waals surface area contributed by atoms with E-state index in [9.17, 15) is 4.39 Å². The molecular formula is C22H20ClFN4OS2. The van der Waals surface area contributed by atoms with Crippen LogP contribution in [-0.2, 0) is 12.8 Å². The van der Waals surface area contributed by atoms with Crippen LogP contribution in [-0.4, -0.2) is 19.7 Å². The highest BCUT2D eigenvalue weighted by Crippen LogP contribution is 2.31. The Balaban J connectivity index is 1.42. The molecule has 0 N–H and O–H groups in total. The zero-order valence-corrected chi connectivity index (χ0v) is 19.6. The van der Waals surface area contributed by atoms with Gasteiger partial charge in [0.1, 0.15) is 16.6 Å². The monoisotopic (exact) mass is 474 g/mol. The fourth-order valence-electron chi connectivity index (χ4n) is 3.07. The molecule has 0 saturated carbocycles. The molecule has 4 rings (SSSR count). The summed E-state index contributed by atoms with van der Waals surface area (Å²) >= 11 is 9.27. The number of thioether (sulfide) groups is 1. The van der Waals surface area contributed by atoms with Gasteiger partial charge in [-0.1, -0.05) is 47.6 Å². The third-order valence-electron chi connectivity index (χ3n) is 4.71. The van der Waals surface area contributed by atoms with Gasteiger partial charge in [-0.2, -0.15) is 0 Å². The summed E-state index contributed by atoms with van der Waals surface area (Å²) < 4.78 is 21.0. The number of benzene rings is 2. The standard InChI is InChI=1S/C22H20ClFN4OS2/c1-13-6-4-5-7-17(13)21-25-16(11-30-21)12-31-22-27-26-20(28(22)3)14(2)29-19-9-8-15(24)10-18(19)23/h4-11,14H,12H2,1-3H3. The van der Waals surface area contributed by atoms with Gasteiger partial charge in [0.15, 0.2) is 17.1 Å². The van der Waals surface area contributed by atoms with Crippen molar-refractivity contribution >= 4 is 34.7 Å². The summed E-state index contributed by atoms with van der Waals surface area (Å²) in [6.07, 6.45) is -0.401. The average Bonchev–Trinajstić information content (AvgIpc) is 3.35. The van der Waals surface area contributed by atoms with Gasteiger partial charge in [0.05, 0.1) is 10.7 Å². The van der Waals surface area contributed by atoms with Crippen molar-refractivity contribution in [3.63, 3.8) is 0 Å². The predicted molar refractivity (Wildman–Crippen MR) is 123 cm³/mol. The van der Waals surface area contributed by atoms with Crippen molar-refractivity contribution in [3.05, 3.63) is 75.8 Å². The first-order valence-electron chi connectivity index (χ1n) is 9.56. The number of halogens is 2. The second-order valence-corrected chi connectivity index (χ2v) is 9.19. The smallest absolute Gasteiger partial charge is 0.191 e. The number of nitrogens with zero attached hydrogens (tertiary/aromatic N) is 4. The number of hydrogen-bond acceptors (Lipinski definition) is 6. The second kappa shape index (κ2) is 9.38. The molecule has 2 aromatic carbocycles. The van der Waals surface area contributed by atoms with E-state index < -0.39 is 11.9 Å². The van der Waals surface area contributed by atoms with Crippen LogP contribution in [0.1, 0.15) is 30.1 Å². The molecule has 0 radical (unpaired) electrons. The molecule has 0 aliphatic rings. The van der Waals surface area contributed by atoms with Crippen LogP contribution in [0.3, 0.4) is 0 Å². The number of aryl methyl sites for hydroxylation is 1. The Bertz CT molecular complexity index is 1210. The lowest BCUT2D eigenvalue weighted by atomic mass is 10.1. The van der Waals surface area contributed by atoms with E-state index in [0.717, 1.165) is 21.4 Å². The summed E-state index contributed by atoms with van der Waals surface area (Å²) in [5, 5.41) is 12.6. The molecule has 0 amide bonds. The van der Waals surface area contributed by atoms with Crippen molar-refractivity contribution in [2.45, 2.75) is 30.9 Å². The molecule has 160 valence electrons. The van der Waals surface area contributed by atoms with Gasteiger partial charge < -0.3 is 9.30 Å². The average molecular weight is 475 g/mol. The first-order valence-corrected chi connectivity index (χ1v) is 11.8. The minimum Gasteiger partial charge on any atom is -0.481 e. The van der Waals surface area contributed by atoms with E-state index in [4.69, 9.17) is 21.3 Å². The molecule has 0 aliphatic carbocycles. The predicted octanol–water partition coefficient (Wildman–Crippen LogP) is 6.47. The van der Waals surface area contributed by atoms with Crippen LogP contribution < -0.4 is 4.74 Å². The van der Waals surface area contributed by atoms with Crippen LogP contribution in [0.4, 0.5) is 4.39 Å². The highest BCUT2D eigenvalue weighted by atomic mass is 35.5. The summed E-state index contributed by atoms with van der Waals surface area (Å²) in [5.74, 6) is 1.34. The minimum atomic E-state index is -0.407. The van der Waals surface area contributed by atoms with Crippen molar-refractivity contribution in [2.24, 2.45) is 7.05 Å². The van der Waals surface area contributed by atoms with Crippen LogP contribution in [0, 0.1) is 12.7 Å². The van der Waals surface area contributed by atoms with Gasteiger partial charge in [-0.25, -0.2) is 9.37 Å². The minimum absolute atomic E-state index is 0.219. The van der Waals surface area contributed by atoms with Crippen LogP contribution in [0.25, 0.3) is 10.6 Å². The molecule has 9 heteroatoms. The Hall–Kier alpha value is -2.42. The quantitative estimate of drug-likeness (QED) is 0.287. The van der Waals surface area contributed by atoms with E-state index in [1.807, 2.05) is 30.7 Å². The third kappa shape index (κ3) is 4.92. The molecule has 1 unspecified atom stereocenters. The maximum Gasteiger partial charge on any atom is 0.191 e. The van der Waals surface area contributed by atoms with Crippen LogP contribution in [0.5, 0.6) is 5.75 Å². The third-order valence-corrected chi connectivity index (χ3v) is 6.98. The number of hydrogen-bond donors (Lipinski definition) is 0. The lowest BCUT2D eigenvalue weighted by Gasteiger charge is -2.15. The van der Waals surface area contributed by atoms with E-state index in [0.29, 0.717) is 17.3 Å². The summed E-state index contributed by atoms with van der Waals surface area (Å²) in [6.45, 7) is 3.95. The van der Waals surface area contributed by atoms with E-state index in [1.165, 1.54) is 23.8 Å². The Morgan fingerprint density at radius 3 is 2.81 bits per heavy atom. The molecule has 0 bridgehead atoms. The molecule has 0 spiro atoms. The van der Waals surface area contributed by atoms with Crippen molar-refractivity contribution < 1.29 is 9.13 Å². The number of thiazole rings is 1. The normalized spacial score (nSPS) is 12.2. The fourth-order valence-corrected chi connectivity index (χ4v) is 5.11.